The Labute approximate surface area is 144 Å². The summed E-state index contributed by atoms with van der Waals surface area (Å²) in [6.45, 7) is 5.06. The molecule has 0 N–H and O–H groups in total. The van der Waals surface area contributed by atoms with Crippen LogP contribution in [0.15, 0.2) is 24.5 Å². The van der Waals surface area contributed by atoms with Gasteiger partial charge in [0, 0.05) is 36.6 Å². The second kappa shape index (κ2) is 7.70. The maximum Gasteiger partial charge on any atom is 0.238 e. The number of carbonyl (C=O) groups excluding carboxylic acids is 2. The molecule has 0 radical (unpaired) electrons. The van der Waals surface area contributed by atoms with Crippen molar-refractivity contribution in [3.63, 3.8) is 0 Å². The second-order valence-corrected chi connectivity index (χ2v) is 7.09. The Kier molecular flexibility index (Phi) is 5.90. The standard InChI is InChI=1S/C16H19N3O2S2/c1-10(9-22-4)15(21)19(12(3)20)16-11(2)18-14(23-16)13-6-5-7-17-8-13/h5-8,10H,9H2,1-4H3. The third-order valence-corrected chi connectivity index (χ3v) is 5.28. The predicted octanol–water partition coefficient (Wildman–Crippen LogP) is 3.39. The number of carbonyl (C=O) groups is 2. The van der Waals surface area contributed by atoms with Gasteiger partial charge in [0.1, 0.15) is 10.0 Å². The molecular formula is C16H19N3O2S2. The van der Waals surface area contributed by atoms with Crippen LogP contribution in [0.5, 0.6) is 0 Å². The molecule has 0 aliphatic heterocycles. The number of rotatable bonds is 5. The molecule has 0 aromatic carbocycles. The number of thioether (sulfide) groups is 1. The Hall–Kier alpha value is -1.73. The zero-order valence-corrected chi connectivity index (χ0v) is 15.2. The SMILES string of the molecule is CSCC(C)C(=O)N(C(C)=O)c1sc(-c2cccnc2)nc1C. The molecule has 0 aliphatic rings. The summed E-state index contributed by atoms with van der Waals surface area (Å²) >= 11 is 2.93. The highest BCUT2D eigenvalue weighted by Crippen LogP contribution is 2.35. The van der Waals surface area contributed by atoms with E-state index in [1.807, 2.05) is 32.2 Å². The highest BCUT2D eigenvalue weighted by atomic mass is 32.2. The van der Waals surface area contributed by atoms with Crippen LogP contribution < -0.4 is 4.90 Å². The van der Waals surface area contributed by atoms with Crippen LogP contribution in [0.25, 0.3) is 10.6 Å². The smallest absolute Gasteiger partial charge is 0.238 e. The van der Waals surface area contributed by atoms with Crippen molar-refractivity contribution in [1.29, 1.82) is 0 Å². The minimum absolute atomic E-state index is 0.184. The third-order valence-electron chi connectivity index (χ3n) is 3.26. The summed E-state index contributed by atoms with van der Waals surface area (Å²) in [5.41, 5.74) is 1.55. The molecule has 0 bridgehead atoms. The molecule has 23 heavy (non-hydrogen) atoms. The first-order valence-corrected chi connectivity index (χ1v) is 9.38. The third kappa shape index (κ3) is 3.97. The van der Waals surface area contributed by atoms with E-state index in [4.69, 9.17) is 0 Å². The van der Waals surface area contributed by atoms with E-state index in [1.54, 1.807) is 24.2 Å². The van der Waals surface area contributed by atoms with Gasteiger partial charge in [-0.2, -0.15) is 11.8 Å². The number of aryl methyl sites for hydroxylation is 1. The molecule has 2 aromatic heterocycles. The van der Waals surface area contributed by atoms with Crippen LogP contribution in [-0.4, -0.2) is 33.8 Å². The van der Waals surface area contributed by atoms with Gasteiger partial charge in [-0.05, 0) is 25.3 Å². The van der Waals surface area contributed by atoms with Crippen molar-refractivity contribution in [2.24, 2.45) is 5.92 Å². The van der Waals surface area contributed by atoms with Gasteiger partial charge >= 0.3 is 0 Å². The monoisotopic (exact) mass is 349 g/mol. The van der Waals surface area contributed by atoms with Gasteiger partial charge in [-0.1, -0.05) is 18.3 Å². The molecule has 0 fully saturated rings. The fraction of sp³-hybridized carbons (Fsp3) is 0.375. The van der Waals surface area contributed by atoms with Crippen molar-refractivity contribution in [3.8, 4) is 10.6 Å². The predicted molar refractivity (Wildman–Crippen MR) is 95.8 cm³/mol. The Bertz CT molecular complexity index is 701. The summed E-state index contributed by atoms with van der Waals surface area (Å²) in [5, 5.41) is 1.34. The van der Waals surface area contributed by atoms with E-state index in [-0.39, 0.29) is 17.7 Å². The van der Waals surface area contributed by atoms with Gasteiger partial charge in [0.25, 0.3) is 0 Å². The minimum atomic E-state index is -0.285. The van der Waals surface area contributed by atoms with Crippen molar-refractivity contribution in [1.82, 2.24) is 9.97 Å². The lowest BCUT2D eigenvalue weighted by molar-refractivity contribution is -0.127. The zero-order chi connectivity index (χ0) is 17.0. The average Bonchev–Trinajstić information content (AvgIpc) is 2.90. The Morgan fingerprint density at radius 1 is 1.43 bits per heavy atom. The molecule has 1 unspecified atom stereocenters. The summed E-state index contributed by atoms with van der Waals surface area (Å²) in [5.74, 6) is -0.0170. The number of aromatic nitrogens is 2. The lowest BCUT2D eigenvalue weighted by Gasteiger charge is -2.21. The molecule has 0 aliphatic carbocycles. The Balaban J connectivity index is 2.39. The zero-order valence-electron chi connectivity index (χ0n) is 13.6. The van der Waals surface area contributed by atoms with Crippen LogP contribution in [0.3, 0.4) is 0 Å². The van der Waals surface area contributed by atoms with Gasteiger partial charge in [0.2, 0.25) is 11.8 Å². The van der Waals surface area contributed by atoms with Crippen molar-refractivity contribution < 1.29 is 9.59 Å². The Morgan fingerprint density at radius 2 is 2.17 bits per heavy atom. The summed E-state index contributed by atoms with van der Waals surface area (Å²) in [7, 11) is 0. The van der Waals surface area contributed by atoms with Crippen LogP contribution >= 0.6 is 23.1 Å². The quantitative estimate of drug-likeness (QED) is 0.828. The normalized spacial score (nSPS) is 12.0. The van der Waals surface area contributed by atoms with E-state index in [2.05, 4.69) is 9.97 Å². The molecule has 0 saturated carbocycles. The highest BCUT2D eigenvalue weighted by Gasteiger charge is 2.28. The largest absolute Gasteiger partial charge is 0.274 e. The van der Waals surface area contributed by atoms with Gasteiger partial charge in [-0.15, -0.1) is 0 Å². The molecule has 122 valence electrons. The fourth-order valence-electron chi connectivity index (χ4n) is 2.15. The highest BCUT2D eigenvalue weighted by molar-refractivity contribution is 7.98. The number of imide groups is 1. The van der Waals surface area contributed by atoms with Crippen LogP contribution in [0.2, 0.25) is 0 Å². The fourth-order valence-corrected chi connectivity index (χ4v) is 3.90. The molecule has 0 spiro atoms. The van der Waals surface area contributed by atoms with Crippen LogP contribution in [-0.2, 0) is 9.59 Å². The summed E-state index contributed by atoms with van der Waals surface area (Å²) < 4.78 is 0. The molecule has 1 atom stereocenters. The van der Waals surface area contributed by atoms with Crippen LogP contribution in [0.4, 0.5) is 5.00 Å². The number of hydrogen-bond donors (Lipinski definition) is 0. The van der Waals surface area contributed by atoms with Crippen molar-refractivity contribution >= 4 is 39.9 Å². The number of nitrogens with zero attached hydrogens (tertiary/aromatic N) is 3. The minimum Gasteiger partial charge on any atom is -0.274 e. The van der Waals surface area contributed by atoms with E-state index in [1.165, 1.54) is 23.2 Å². The lowest BCUT2D eigenvalue weighted by atomic mass is 10.2. The van der Waals surface area contributed by atoms with Crippen LogP contribution in [0, 0.1) is 12.8 Å². The molecule has 7 heteroatoms. The summed E-state index contributed by atoms with van der Waals surface area (Å²) in [6.07, 6.45) is 5.36. The second-order valence-electron chi connectivity index (χ2n) is 5.20. The first-order chi connectivity index (χ1) is 11.0. The Morgan fingerprint density at radius 3 is 2.74 bits per heavy atom. The molecular weight excluding hydrogens is 330 g/mol. The van der Waals surface area contributed by atoms with Crippen LogP contribution in [0.1, 0.15) is 19.5 Å². The van der Waals surface area contributed by atoms with Gasteiger partial charge in [-0.25, -0.2) is 9.88 Å². The molecule has 2 heterocycles. The number of anilines is 1. The van der Waals surface area contributed by atoms with E-state index in [9.17, 15) is 9.59 Å². The van der Waals surface area contributed by atoms with Gasteiger partial charge < -0.3 is 0 Å². The van der Waals surface area contributed by atoms with Gasteiger partial charge in [-0.3, -0.25) is 14.6 Å². The summed E-state index contributed by atoms with van der Waals surface area (Å²) in [6, 6.07) is 3.74. The molecule has 5 nitrogen and oxygen atoms in total. The molecule has 2 rings (SSSR count). The number of pyridine rings is 1. The first kappa shape index (κ1) is 17.6. The van der Waals surface area contributed by atoms with Crippen molar-refractivity contribution in [2.45, 2.75) is 20.8 Å². The molecule has 0 saturated heterocycles. The number of thiazole rings is 1. The maximum atomic E-state index is 12.6. The van der Waals surface area contributed by atoms with Crippen molar-refractivity contribution in [2.75, 3.05) is 16.9 Å². The number of hydrogen-bond acceptors (Lipinski definition) is 6. The van der Waals surface area contributed by atoms with Gasteiger partial charge in [0.05, 0.1) is 5.69 Å². The summed E-state index contributed by atoms with van der Waals surface area (Å²) in [4.78, 5) is 34.5. The van der Waals surface area contributed by atoms with E-state index >= 15 is 0 Å². The van der Waals surface area contributed by atoms with E-state index in [0.29, 0.717) is 16.4 Å². The lowest BCUT2D eigenvalue weighted by Crippen LogP contribution is -2.39. The molecule has 2 aromatic rings. The van der Waals surface area contributed by atoms with Gasteiger partial charge in [0.15, 0.2) is 0 Å². The van der Waals surface area contributed by atoms with E-state index in [0.717, 1.165) is 10.6 Å². The number of amides is 2. The van der Waals surface area contributed by atoms with E-state index < -0.39 is 0 Å². The molecule has 2 amide bonds. The van der Waals surface area contributed by atoms with Crippen molar-refractivity contribution in [3.05, 3.63) is 30.2 Å². The maximum absolute atomic E-state index is 12.6. The topological polar surface area (TPSA) is 63.2 Å². The average molecular weight is 349 g/mol. The first-order valence-electron chi connectivity index (χ1n) is 7.17.